The van der Waals surface area contributed by atoms with Crippen LogP contribution in [0.25, 0.3) is 0 Å². The Morgan fingerprint density at radius 3 is 1.50 bits per heavy atom. The highest BCUT2D eigenvalue weighted by molar-refractivity contribution is 8.04. The van der Waals surface area contributed by atoms with E-state index >= 15 is 0 Å². The third-order valence-corrected chi connectivity index (χ3v) is 6.58. The van der Waals surface area contributed by atoms with Crippen LogP contribution in [0.15, 0.2) is 58.3 Å². The van der Waals surface area contributed by atoms with Crippen molar-refractivity contribution in [1.29, 1.82) is 0 Å². The maximum absolute atomic E-state index is 12.5. The summed E-state index contributed by atoms with van der Waals surface area (Å²) in [5, 5.41) is 0. The molecule has 0 saturated heterocycles. The summed E-state index contributed by atoms with van der Waals surface area (Å²) in [6.07, 6.45) is -4.62. The number of nitrogens with one attached hydrogen (secondary N) is 1. The van der Waals surface area contributed by atoms with Crippen molar-refractivity contribution in [3.8, 4) is 0 Å². The van der Waals surface area contributed by atoms with Gasteiger partial charge in [-0.05, 0) is 43.3 Å². The van der Waals surface area contributed by atoms with Gasteiger partial charge in [-0.15, -0.1) is 4.13 Å². The predicted molar refractivity (Wildman–Crippen MR) is 80.1 cm³/mol. The standard InChI is InChI=1S/C14H12F3NO4S2/c1-10-2-6-12(7-3-10)23(19,20)18-24(21,22)13-8-4-11(5-9-13)14(15,16)17/h2-9,18H,1H3. The van der Waals surface area contributed by atoms with Gasteiger partial charge in [0, 0.05) is 0 Å². The van der Waals surface area contributed by atoms with Crippen LogP contribution < -0.4 is 4.13 Å². The summed E-state index contributed by atoms with van der Waals surface area (Å²) in [5.74, 6) is 0. The van der Waals surface area contributed by atoms with Crippen LogP contribution >= 0.6 is 0 Å². The molecule has 1 N–H and O–H groups in total. The van der Waals surface area contributed by atoms with E-state index in [2.05, 4.69) is 0 Å². The largest absolute Gasteiger partial charge is 0.416 e. The Morgan fingerprint density at radius 1 is 0.750 bits per heavy atom. The molecule has 0 unspecified atom stereocenters. The molecule has 2 rings (SSSR count). The first-order chi connectivity index (χ1) is 10.9. The summed E-state index contributed by atoms with van der Waals surface area (Å²) < 4.78 is 87.3. The van der Waals surface area contributed by atoms with Crippen molar-refractivity contribution in [3.05, 3.63) is 59.7 Å². The van der Waals surface area contributed by atoms with Gasteiger partial charge in [0.25, 0.3) is 20.0 Å². The van der Waals surface area contributed by atoms with E-state index in [0.717, 1.165) is 5.56 Å². The molecule has 0 fully saturated rings. The average molecular weight is 379 g/mol. The van der Waals surface area contributed by atoms with Crippen molar-refractivity contribution < 1.29 is 30.0 Å². The number of benzene rings is 2. The molecule has 0 aliphatic heterocycles. The van der Waals surface area contributed by atoms with E-state index < -0.39 is 36.7 Å². The number of hydrogen-bond donors (Lipinski definition) is 1. The fourth-order valence-electron chi connectivity index (χ4n) is 1.78. The van der Waals surface area contributed by atoms with Crippen LogP contribution in [0.3, 0.4) is 0 Å². The van der Waals surface area contributed by atoms with Crippen LogP contribution in [0.5, 0.6) is 0 Å². The molecular weight excluding hydrogens is 367 g/mol. The first-order valence-corrected chi connectivity index (χ1v) is 9.41. The minimum Gasteiger partial charge on any atom is -0.206 e. The summed E-state index contributed by atoms with van der Waals surface area (Å²) >= 11 is 0. The maximum atomic E-state index is 12.5. The van der Waals surface area contributed by atoms with Gasteiger partial charge >= 0.3 is 6.18 Å². The Kier molecular flexibility index (Phi) is 4.75. The maximum Gasteiger partial charge on any atom is 0.416 e. The van der Waals surface area contributed by atoms with Crippen LogP contribution in [0.2, 0.25) is 0 Å². The van der Waals surface area contributed by atoms with Crippen LogP contribution in [0.4, 0.5) is 13.2 Å². The number of aryl methyl sites for hydroxylation is 1. The van der Waals surface area contributed by atoms with Crippen molar-refractivity contribution >= 4 is 20.0 Å². The summed E-state index contributed by atoms with van der Waals surface area (Å²) in [7, 11) is -8.93. The highest BCUT2D eigenvalue weighted by Gasteiger charge is 2.31. The van der Waals surface area contributed by atoms with Crippen LogP contribution in [-0.2, 0) is 26.2 Å². The Balaban J connectivity index is 2.32. The topological polar surface area (TPSA) is 80.3 Å². The number of sulfonamides is 2. The van der Waals surface area contributed by atoms with Gasteiger partial charge in [0.15, 0.2) is 0 Å². The smallest absolute Gasteiger partial charge is 0.206 e. The molecule has 0 saturated carbocycles. The van der Waals surface area contributed by atoms with E-state index in [4.69, 9.17) is 0 Å². The molecule has 0 aromatic heterocycles. The molecule has 0 aliphatic rings. The van der Waals surface area contributed by atoms with Gasteiger partial charge in [-0.2, -0.15) is 13.2 Å². The lowest BCUT2D eigenvalue weighted by Crippen LogP contribution is -2.30. The molecule has 2 aromatic carbocycles. The van der Waals surface area contributed by atoms with E-state index in [9.17, 15) is 30.0 Å². The zero-order valence-electron chi connectivity index (χ0n) is 12.2. The van der Waals surface area contributed by atoms with Crippen LogP contribution in [0, 0.1) is 6.92 Å². The lowest BCUT2D eigenvalue weighted by molar-refractivity contribution is -0.137. The third kappa shape index (κ3) is 4.13. The Hall–Kier alpha value is -1.91. The van der Waals surface area contributed by atoms with Gasteiger partial charge < -0.3 is 0 Å². The molecule has 0 bridgehead atoms. The SMILES string of the molecule is Cc1ccc(S(=O)(=O)NS(=O)(=O)c2ccc(C(F)(F)F)cc2)cc1. The Labute approximate surface area is 137 Å². The van der Waals surface area contributed by atoms with Crippen molar-refractivity contribution in [2.45, 2.75) is 22.9 Å². The molecule has 10 heteroatoms. The zero-order valence-corrected chi connectivity index (χ0v) is 13.8. The van der Waals surface area contributed by atoms with Crippen molar-refractivity contribution in [2.24, 2.45) is 0 Å². The summed E-state index contributed by atoms with van der Waals surface area (Å²) in [6, 6.07) is 7.92. The van der Waals surface area contributed by atoms with E-state index in [1.807, 2.05) is 0 Å². The quantitative estimate of drug-likeness (QED) is 0.886. The highest BCUT2D eigenvalue weighted by Crippen LogP contribution is 2.29. The molecule has 0 aliphatic carbocycles. The van der Waals surface area contributed by atoms with Gasteiger partial charge in [-0.25, -0.2) is 16.8 Å². The molecule has 130 valence electrons. The normalized spacial score (nSPS) is 13.0. The Bertz CT molecular complexity index is 933. The van der Waals surface area contributed by atoms with Crippen molar-refractivity contribution in [3.63, 3.8) is 0 Å². The molecule has 0 radical (unpaired) electrons. The van der Waals surface area contributed by atoms with E-state index in [1.54, 1.807) is 6.92 Å². The van der Waals surface area contributed by atoms with Gasteiger partial charge in [-0.1, -0.05) is 17.7 Å². The number of alkyl halides is 3. The molecule has 0 spiro atoms. The van der Waals surface area contributed by atoms with Gasteiger partial charge in [-0.3, -0.25) is 0 Å². The van der Waals surface area contributed by atoms with Crippen LogP contribution in [0.1, 0.15) is 11.1 Å². The minimum absolute atomic E-state index is 0.274. The molecule has 0 atom stereocenters. The minimum atomic E-state index is -4.62. The van der Waals surface area contributed by atoms with Gasteiger partial charge in [0.05, 0.1) is 15.4 Å². The second-order valence-corrected chi connectivity index (χ2v) is 8.55. The summed E-state index contributed by atoms with van der Waals surface area (Å²) in [4.78, 5) is -0.866. The Morgan fingerprint density at radius 2 is 1.12 bits per heavy atom. The van der Waals surface area contributed by atoms with E-state index in [0.29, 0.717) is 24.3 Å². The lowest BCUT2D eigenvalue weighted by atomic mass is 10.2. The van der Waals surface area contributed by atoms with Gasteiger partial charge in [0.2, 0.25) is 0 Å². The number of halogens is 3. The average Bonchev–Trinajstić information content (AvgIpc) is 2.46. The molecule has 0 amide bonds. The molecule has 5 nitrogen and oxygen atoms in total. The monoisotopic (exact) mass is 379 g/mol. The second kappa shape index (κ2) is 6.19. The fourth-order valence-corrected chi connectivity index (χ4v) is 4.70. The first kappa shape index (κ1) is 18.4. The molecule has 0 heterocycles. The fraction of sp³-hybridized carbons (Fsp3) is 0.143. The van der Waals surface area contributed by atoms with Gasteiger partial charge in [0.1, 0.15) is 0 Å². The molecule has 2 aromatic rings. The summed E-state index contributed by atoms with van der Waals surface area (Å²) in [5.41, 5.74) is -0.262. The third-order valence-electron chi connectivity index (χ3n) is 3.04. The second-order valence-electron chi connectivity index (χ2n) is 4.93. The first-order valence-electron chi connectivity index (χ1n) is 6.44. The van der Waals surface area contributed by atoms with Crippen molar-refractivity contribution in [2.75, 3.05) is 0 Å². The molecule has 24 heavy (non-hydrogen) atoms. The van der Waals surface area contributed by atoms with Crippen molar-refractivity contribution in [1.82, 2.24) is 4.13 Å². The van der Waals surface area contributed by atoms with E-state index in [1.165, 1.54) is 28.4 Å². The molecular formula is C14H12F3NO4S2. The predicted octanol–water partition coefficient (Wildman–Crippen LogP) is 2.68. The zero-order chi connectivity index (χ0) is 18.2. The number of rotatable bonds is 4. The lowest BCUT2D eigenvalue weighted by Gasteiger charge is -2.10. The van der Waals surface area contributed by atoms with Crippen LogP contribution in [-0.4, -0.2) is 16.8 Å². The number of hydrogen-bond acceptors (Lipinski definition) is 4. The summed E-state index contributed by atoms with van der Waals surface area (Å²) in [6.45, 7) is 1.72. The van der Waals surface area contributed by atoms with E-state index in [-0.39, 0.29) is 4.90 Å². The highest BCUT2D eigenvalue weighted by atomic mass is 32.3.